The molecule has 1 atom stereocenters. The molecule has 6 nitrogen and oxygen atoms in total. The zero-order valence-corrected chi connectivity index (χ0v) is 15.9. The van der Waals surface area contributed by atoms with Crippen LogP contribution in [0.25, 0.3) is 0 Å². The second-order valence-electron chi connectivity index (χ2n) is 7.15. The largest absolute Gasteiger partial charge is 0.486 e. The Morgan fingerprint density at radius 3 is 2.54 bits per heavy atom. The van der Waals surface area contributed by atoms with Crippen LogP contribution in [-0.2, 0) is 4.79 Å². The average molecular weight is 380 g/mol. The molecule has 2 heterocycles. The number of fused-ring (bicyclic) bond motifs is 1. The van der Waals surface area contributed by atoms with Crippen molar-refractivity contribution in [2.45, 2.75) is 32.2 Å². The molecule has 0 radical (unpaired) electrons. The van der Waals surface area contributed by atoms with Gasteiger partial charge in [-0.3, -0.25) is 9.59 Å². The maximum absolute atomic E-state index is 12.6. The van der Waals surface area contributed by atoms with Crippen LogP contribution in [-0.4, -0.2) is 31.6 Å². The maximum atomic E-state index is 12.6. The number of amides is 2. The van der Waals surface area contributed by atoms with Crippen LogP contribution in [0.4, 0.5) is 5.69 Å². The van der Waals surface area contributed by atoms with Crippen LogP contribution >= 0.6 is 0 Å². The fourth-order valence-electron chi connectivity index (χ4n) is 3.56. The van der Waals surface area contributed by atoms with Gasteiger partial charge in [0.15, 0.2) is 11.5 Å². The summed E-state index contributed by atoms with van der Waals surface area (Å²) in [7, 11) is 0. The zero-order chi connectivity index (χ0) is 19.5. The normalized spacial score (nSPS) is 17.2. The maximum Gasteiger partial charge on any atom is 0.251 e. The molecule has 0 aliphatic carbocycles. The van der Waals surface area contributed by atoms with Crippen LogP contribution in [0.2, 0.25) is 0 Å². The summed E-state index contributed by atoms with van der Waals surface area (Å²) in [6, 6.07) is 12.8. The van der Waals surface area contributed by atoms with Crippen molar-refractivity contribution < 1.29 is 19.1 Å². The lowest BCUT2D eigenvalue weighted by Gasteiger charge is -2.26. The zero-order valence-electron chi connectivity index (χ0n) is 15.9. The van der Waals surface area contributed by atoms with Crippen molar-refractivity contribution in [3.63, 3.8) is 0 Å². The highest BCUT2D eigenvalue weighted by Gasteiger charge is 2.20. The molecule has 0 bridgehead atoms. The number of rotatable bonds is 4. The van der Waals surface area contributed by atoms with Gasteiger partial charge in [-0.1, -0.05) is 6.07 Å². The van der Waals surface area contributed by atoms with E-state index in [4.69, 9.17) is 9.47 Å². The van der Waals surface area contributed by atoms with Crippen LogP contribution < -0.4 is 19.7 Å². The topological polar surface area (TPSA) is 67.9 Å². The summed E-state index contributed by atoms with van der Waals surface area (Å²) in [6.45, 7) is 3.76. The number of benzene rings is 2. The second kappa shape index (κ2) is 7.92. The lowest BCUT2D eigenvalue weighted by molar-refractivity contribution is -0.119. The van der Waals surface area contributed by atoms with Gasteiger partial charge in [0.2, 0.25) is 5.91 Å². The molecule has 1 N–H and O–H groups in total. The van der Waals surface area contributed by atoms with Crippen molar-refractivity contribution in [1.82, 2.24) is 5.32 Å². The van der Waals surface area contributed by atoms with E-state index >= 15 is 0 Å². The molecule has 4 rings (SSSR count). The molecule has 28 heavy (non-hydrogen) atoms. The third-order valence-electron chi connectivity index (χ3n) is 5.18. The number of nitrogens with one attached hydrogen (secondary N) is 1. The van der Waals surface area contributed by atoms with Crippen LogP contribution in [0.15, 0.2) is 42.5 Å². The molecule has 6 heteroatoms. The number of carbonyl (C=O) groups excluding carboxylic acids is 2. The van der Waals surface area contributed by atoms with Crippen molar-refractivity contribution in [3.05, 3.63) is 53.6 Å². The van der Waals surface area contributed by atoms with Crippen LogP contribution in [0.3, 0.4) is 0 Å². The minimum atomic E-state index is -0.174. The van der Waals surface area contributed by atoms with Gasteiger partial charge < -0.3 is 19.7 Å². The predicted molar refractivity (Wildman–Crippen MR) is 106 cm³/mol. The first kappa shape index (κ1) is 18.3. The van der Waals surface area contributed by atoms with Gasteiger partial charge in [-0.15, -0.1) is 0 Å². The summed E-state index contributed by atoms with van der Waals surface area (Å²) >= 11 is 0. The Hall–Kier alpha value is -3.02. The molecular formula is C22H24N2O4. The third-order valence-corrected chi connectivity index (χ3v) is 5.18. The van der Waals surface area contributed by atoms with Gasteiger partial charge in [0.1, 0.15) is 13.2 Å². The van der Waals surface area contributed by atoms with Crippen molar-refractivity contribution in [2.75, 3.05) is 24.7 Å². The summed E-state index contributed by atoms with van der Waals surface area (Å²) in [5.41, 5.74) is 2.37. The molecular weight excluding hydrogens is 356 g/mol. The Kier molecular flexibility index (Phi) is 5.19. The summed E-state index contributed by atoms with van der Waals surface area (Å²) in [5, 5.41) is 3.01. The van der Waals surface area contributed by atoms with Crippen LogP contribution in [0, 0.1) is 0 Å². The van der Waals surface area contributed by atoms with Crippen LogP contribution in [0.5, 0.6) is 11.5 Å². The van der Waals surface area contributed by atoms with Gasteiger partial charge in [0, 0.05) is 24.2 Å². The third kappa shape index (κ3) is 3.81. The van der Waals surface area contributed by atoms with E-state index in [-0.39, 0.29) is 17.9 Å². The lowest BCUT2D eigenvalue weighted by atomic mass is 10.1. The van der Waals surface area contributed by atoms with Gasteiger partial charge in [0.05, 0.1) is 6.04 Å². The van der Waals surface area contributed by atoms with Gasteiger partial charge in [-0.2, -0.15) is 0 Å². The molecule has 1 saturated heterocycles. The number of hydrogen-bond acceptors (Lipinski definition) is 4. The first-order valence-electron chi connectivity index (χ1n) is 9.72. The number of anilines is 1. The lowest BCUT2D eigenvalue weighted by Crippen LogP contribution is -2.35. The number of ether oxygens (including phenoxy) is 2. The molecule has 0 saturated carbocycles. The Labute approximate surface area is 164 Å². The molecule has 0 spiro atoms. The summed E-state index contributed by atoms with van der Waals surface area (Å²) < 4.78 is 11.2. The van der Waals surface area contributed by atoms with Crippen LogP contribution in [0.1, 0.15) is 48.1 Å². The van der Waals surface area contributed by atoms with E-state index in [2.05, 4.69) is 5.32 Å². The smallest absolute Gasteiger partial charge is 0.251 e. The number of carbonyl (C=O) groups is 2. The van der Waals surface area contributed by atoms with E-state index in [1.807, 2.05) is 37.3 Å². The SMILES string of the molecule is C[C@H](NC(=O)c1ccc(N2CCCCC2=O)cc1)c1ccc2c(c1)OCCO2. The summed E-state index contributed by atoms with van der Waals surface area (Å²) in [5.74, 6) is 1.44. The monoisotopic (exact) mass is 380 g/mol. The van der Waals surface area contributed by atoms with Crippen molar-refractivity contribution in [1.29, 1.82) is 0 Å². The van der Waals surface area contributed by atoms with E-state index in [0.717, 1.165) is 36.4 Å². The number of hydrogen-bond donors (Lipinski definition) is 1. The highest BCUT2D eigenvalue weighted by molar-refractivity contribution is 5.97. The molecule has 0 unspecified atom stereocenters. The highest BCUT2D eigenvalue weighted by Crippen LogP contribution is 2.32. The Bertz CT molecular complexity index is 879. The molecule has 2 aromatic carbocycles. The van der Waals surface area contributed by atoms with E-state index in [1.54, 1.807) is 17.0 Å². The van der Waals surface area contributed by atoms with E-state index in [0.29, 0.717) is 30.9 Å². The Balaban J connectivity index is 1.42. The first-order valence-corrected chi connectivity index (χ1v) is 9.72. The van der Waals surface area contributed by atoms with Crippen molar-refractivity contribution in [2.24, 2.45) is 0 Å². The highest BCUT2D eigenvalue weighted by atomic mass is 16.6. The van der Waals surface area contributed by atoms with E-state index < -0.39 is 0 Å². The summed E-state index contributed by atoms with van der Waals surface area (Å²) in [4.78, 5) is 26.5. The van der Waals surface area contributed by atoms with E-state index in [9.17, 15) is 9.59 Å². The number of nitrogens with zero attached hydrogens (tertiary/aromatic N) is 1. The average Bonchev–Trinajstić information content (AvgIpc) is 2.74. The van der Waals surface area contributed by atoms with Gasteiger partial charge >= 0.3 is 0 Å². The molecule has 2 aliphatic heterocycles. The first-order chi connectivity index (χ1) is 13.6. The Morgan fingerprint density at radius 2 is 1.79 bits per heavy atom. The fraction of sp³-hybridized carbons (Fsp3) is 0.364. The molecule has 146 valence electrons. The number of piperidine rings is 1. The molecule has 2 aliphatic rings. The van der Waals surface area contributed by atoms with Gasteiger partial charge in [-0.25, -0.2) is 0 Å². The summed E-state index contributed by atoms with van der Waals surface area (Å²) in [6.07, 6.45) is 2.56. The molecule has 2 amide bonds. The fourth-order valence-corrected chi connectivity index (χ4v) is 3.56. The molecule has 1 fully saturated rings. The Morgan fingerprint density at radius 1 is 1.04 bits per heavy atom. The minimum absolute atomic E-state index is 0.149. The van der Waals surface area contributed by atoms with Crippen molar-refractivity contribution >= 4 is 17.5 Å². The predicted octanol–water partition coefficient (Wildman–Crippen LogP) is 3.47. The second-order valence-corrected chi connectivity index (χ2v) is 7.15. The molecule has 2 aromatic rings. The quantitative estimate of drug-likeness (QED) is 0.882. The molecule has 0 aromatic heterocycles. The standard InChI is InChI=1S/C22H24N2O4/c1-15(17-7-10-19-20(14-17)28-13-12-27-19)23-22(26)16-5-8-18(9-6-16)24-11-3-2-4-21(24)25/h5-10,14-15H,2-4,11-13H2,1H3,(H,23,26)/t15-/m0/s1. The van der Waals surface area contributed by atoms with E-state index in [1.165, 1.54) is 0 Å². The minimum Gasteiger partial charge on any atom is -0.486 e. The van der Waals surface area contributed by atoms with Gasteiger partial charge in [0.25, 0.3) is 5.91 Å². The van der Waals surface area contributed by atoms with Gasteiger partial charge in [-0.05, 0) is 61.7 Å². The van der Waals surface area contributed by atoms with Crippen molar-refractivity contribution in [3.8, 4) is 11.5 Å².